The van der Waals surface area contributed by atoms with E-state index in [1.54, 1.807) is 100 Å². The number of rotatable bonds is 5. The Morgan fingerprint density at radius 2 is 0.648 bits per heavy atom. The largest absolute Gasteiger partial charge is 0 e. The Labute approximate surface area is 1000 Å². The molecule has 2 saturated heterocycles. The van der Waals surface area contributed by atoms with Crippen molar-refractivity contribution in [3.63, 3.8) is 0 Å². The van der Waals surface area contributed by atoms with Gasteiger partial charge in [0, 0.05) is 271 Å². The molecule has 0 aromatic carbocycles. The second kappa shape index (κ2) is 60.8. The molecule has 1 saturated carbocycles. The maximum Gasteiger partial charge on any atom is 0 e. The molecule has 142 heavy (non-hydrogen) atoms. The molecule has 5 aromatic heterocycles. The number of allylic oxidation sites excluding steroid dienone is 15. The van der Waals surface area contributed by atoms with E-state index in [1.165, 1.54) is 88.8 Å². The number of thioether (sulfide) groups is 4. The van der Waals surface area contributed by atoms with Gasteiger partial charge in [-0.3, -0.25) is 0 Å². The van der Waals surface area contributed by atoms with Crippen molar-refractivity contribution in [2.24, 2.45) is 5.41 Å². The first-order chi connectivity index (χ1) is 64.0. The Hall–Kier alpha value is -0.922. The van der Waals surface area contributed by atoms with E-state index in [-0.39, 0.29) is 190 Å². The first-order valence-corrected chi connectivity index (χ1v) is 61.0. The number of hydrogen-bond donors (Lipinski definition) is 0. The molecule has 763 valence electrons. The predicted molar refractivity (Wildman–Crippen MR) is 540 cm³/mol. The predicted octanol–water partition coefficient (Wildman–Crippen LogP) is 32.9. The van der Waals surface area contributed by atoms with Gasteiger partial charge in [0.1, 0.15) is 17.1 Å². The normalized spacial score (nSPS) is 22.3. The smallest absolute Gasteiger partial charge is 0 e. The Balaban J connectivity index is 0.00000161. The third-order valence-electron chi connectivity index (χ3n) is 25.2. The number of halogens is 14. The van der Waals surface area contributed by atoms with Crippen molar-refractivity contribution in [3.8, 4) is 0 Å². The van der Waals surface area contributed by atoms with Gasteiger partial charge in [-0.15, -0.1) is 92.4 Å². The van der Waals surface area contributed by atoms with E-state index >= 15 is 0 Å². The van der Waals surface area contributed by atoms with Crippen LogP contribution in [0.3, 0.4) is 0 Å². The van der Waals surface area contributed by atoms with E-state index < -0.39 is 58.8 Å². The van der Waals surface area contributed by atoms with E-state index in [9.17, 15) is 38.4 Å². The van der Waals surface area contributed by atoms with Crippen LogP contribution in [0.1, 0.15) is 228 Å². The first-order valence-electron chi connectivity index (χ1n) is 41.3. The van der Waals surface area contributed by atoms with Gasteiger partial charge in [0.25, 0.3) is 0 Å². The number of fused-ring (bicyclic) bond motifs is 9. The van der Waals surface area contributed by atoms with Gasteiger partial charge in [-0.05, 0) is 352 Å². The van der Waals surface area contributed by atoms with Crippen molar-refractivity contribution in [1.82, 2.24) is 0 Å². The average Bonchev–Trinajstić information content (AvgIpc) is 1.53. The number of aryl methyl sites for hydroxylation is 10. The number of thiophene rings is 4. The molecule has 46 heteroatoms. The minimum absolute atomic E-state index is 0. The summed E-state index contributed by atoms with van der Waals surface area (Å²) in [6.07, 6.45) is 18.7. The van der Waals surface area contributed by atoms with E-state index in [4.69, 9.17) is 83.0 Å². The van der Waals surface area contributed by atoms with Crippen molar-refractivity contribution in [2.45, 2.75) is 243 Å². The van der Waals surface area contributed by atoms with Crippen LogP contribution in [0.2, 0.25) is 0 Å². The van der Waals surface area contributed by atoms with Crippen molar-refractivity contribution in [3.05, 3.63) is 248 Å². The summed E-state index contributed by atoms with van der Waals surface area (Å²) in [5.74, 6) is -2.04. The SMILES string of the molecule is CC(C)=C1C(=O)OC(=O)/C1=C(\C)c1cc(C)oc1C.CC1=CC2=C(C)C3=C(C(=O)OC3=O)C(C)(C)C2(C)O1.CC1=CC2=C3C(=O)OC(=O)C3=C3C=C(C)SC3(C)C2(C)S1.CC1=CC2=C3CCCC3=C3C=C(C)SC3(C)C2(C)S1.Cc1cc(C2=C(c3cc(C)sc3C)C(=O)OC2=O)c(C)s1.Cc1cc(C2=C(c3cc(C)sc3C)CCC2)c(C)s1.FF.FF.FF.FF.FF.FF.[S]=[V][I].[S]=[V][I].[U].[U].[U].[V].[V].[V]. The Kier molecular flexibility index (Phi) is 60.4. The zero-order chi connectivity index (χ0) is 103. The van der Waals surface area contributed by atoms with E-state index in [2.05, 4.69) is 178 Å². The summed E-state index contributed by atoms with van der Waals surface area (Å²) in [5.41, 5.74) is 22.5. The van der Waals surface area contributed by atoms with Gasteiger partial charge in [0.05, 0.1) is 69.3 Å². The average molecular weight is 3250 g/mol. The number of cyclic esters (lactones) is 8. The van der Waals surface area contributed by atoms with Gasteiger partial charge in [-0.2, -0.15) is 0 Å². The summed E-state index contributed by atoms with van der Waals surface area (Å²) in [7, 11) is 8.95. The number of carbonyl (C=O) groups is 8. The molecule has 14 nitrogen and oxygen atoms in total. The molecular formula is C96H100F12I2O14S10U3V5. The number of ether oxygens (including phenoxy) is 5. The molecule has 5 aromatic rings. The molecule has 19 rings (SSSR count). The minimum Gasteiger partial charge on any atom is 0 e. The van der Waals surface area contributed by atoms with Gasteiger partial charge < -0.3 is 28.1 Å². The molecule has 0 N–H and O–H groups in total. The van der Waals surface area contributed by atoms with E-state index in [0.29, 0.717) is 50.2 Å². The fourth-order valence-electron chi connectivity index (χ4n) is 19.5. The quantitative estimate of drug-likeness (QED) is 0.0402. The Morgan fingerprint density at radius 3 is 0.958 bits per heavy atom. The molecule has 14 aliphatic rings. The van der Waals surface area contributed by atoms with Crippen molar-refractivity contribution in [2.75, 3.05) is 0 Å². The van der Waals surface area contributed by atoms with Gasteiger partial charge in [0.15, 0.2) is 0 Å². The molecule has 14 heterocycles. The maximum absolute atomic E-state index is 12.2. The maximum atomic E-state index is 12.2. The number of hydrogen-bond acceptors (Lipinski definition) is 24. The van der Waals surface area contributed by atoms with Gasteiger partial charge in [-0.1, -0.05) is 19.4 Å². The fraction of sp³-hybridized carbons (Fsp3) is 0.396. The van der Waals surface area contributed by atoms with Crippen LogP contribution >= 0.6 is 153 Å². The number of carbonyl (C=O) groups excluding carboxylic acids is 8. The van der Waals surface area contributed by atoms with Crippen LogP contribution in [0.5, 0.6) is 0 Å². The molecule has 5 aliphatic carbocycles. The molecular weight excluding hydrogens is 3150 g/mol. The standard InChI is InChI=1S/2C17H20S2.2C16H14O3S2.2C15H16O4.6F2.2HI.2S.3U.5V/c1-10-8-14-12-6-5-7-13(12)15-9-11(2)19-17(15,4)16(14,3)18-10;1-10-8-16(12(3)18-10)14-6-5-7-15(14)17-9-11(2)19-13(17)4;1-7-5-9-11-12(14(18)19-13(11)17)10-6-8(2)21-16(10,4)15(9,3)20-7;1-7-5-11(9(3)20-7)13-14(16(18)19-15(13)17)12-6-8(2)21-10(12)4;1-7-6-9-8(2)10-11(13(17)18-12(10)16)14(3,4)15(9,5)19-7;1-7(2)12-13(15(17)19-14(12)16)9(4)11-6-8(3)18-10(11)5;6*1-2;;;;;;;;;;;;/h2*8-9H,5-7H2,1-4H3;2*5-6H,1-4H3;2*6H,1-5H3;;;;;;;2*1H;;;;;;;;;;/q;;;;;;;;;;;;;;;;;;;;;;2*+1/p-2/b;;;;;13-9+;;;;;;;;;;;;;;;;;;. The van der Waals surface area contributed by atoms with Crippen molar-refractivity contribution in [1.29, 1.82) is 0 Å². The van der Waals surface area contributed by atoms with Gasteiger partial charge in [-0.25, -0.2) is 38.4 Å². The molecule has 3 radical (unpaired) electrons. The van der Waals surface area contributed by atoms with E-state index in [1.807, 2.05) is 149 Å². The minimum atomic E-state index is -0.635. The van der Waals surface area contributed by atoms with Crippen LogP contribution in [-0.4, -0.2) is 72.3 Å². The second-order valence-electron chi connectivity index (χ2n) is 34.0. The summed E-state index contributed by atoms with van der Waals surface area (Å²) >= 11 is 19.7. The summed E-state index contributed by atoms with van der Waals surface area (Å²) in [4.78, 5) is 112. The number of esters is 8. The Bertz CT molecular complexity index is 5980. The summed E-state index contributed by atoms with van der Waals surface area (Å²) in [6.45, 7) is 53.4. The summed E-state index contributed by atoms with van der Waals surface area (Å²) in [5, 5.41) is 0. The first kappa shape index (κ1) is 141. The van der Waals surface area contributed by atoms with Crippen molar-refractivity contribution >= 4 is 229 Å². The summed E-state index contributed by atoms with van der Waals surface area (Å²) < 4.78 is 127. The van der Waals surface area contributed by atoms with Gasteiger partial charge in [0.2, 0.25) is 0 Å². The zero-order valence-electron chi connectivity index (χ0n) is 81.8. The van der Waals surface area contributed by atoms with E-state index in [0.717, 1.165) is 81.3 Å². The van der Waals surface area contributed by atoms with Crippen LogP contribution in [0, 0.1) is 168 Å². The fourth-order valence-corrected chi connectivity index (χ4v) is 29.4. The monoisotopic (exact) mass is 3250 g/mol. The summed E-state index contributed by atoms with van der Waals surface area (Å²) in [6, 6.07) is 10.5. The van der Waals surface area contributed by atoms with Crippen LogP contribution in [0.25, 0.3) is 27.9 Å². The molecule has 3 fully saturated rings. The zero-order valence-corrected chi connectivity index (χ0v) is 114. The van der Waals surface area contributed by atoms with Crippen LogP contribution in [0.15, 0.2) is 174 Å². The second-order valence-corrected chi connectivity index (χ2v) is 57.8. The molecule has 5 unspecified atom stereocenters. The van der Waals surface area contributed by atoms with Crippen molar-refractivity contribution < 1.29 is 293 Å². The molecule has 5 atom stereocenters. The third kappa shape index (κ3) is 28.9. The van der Waals surface area contributed by atoms with Gasteiger partial charge >= 0.3 is 131 Å². The molecule has 0 spiro atoms. The Morgan fingerprint density at radius 1 is 0.366 bits per heavy atom. The topological polar surface area (TPSA) is 196 Å². The molecule has 0 bridgehead atoms. The molecule has 0 amide bonds. The molecule has 9 aliphatic heterocycles. The number of furan rings is 1. The van der Waals surface area contributed by atoms with Crippen LogP contribution in [0.4, 0.5) is 54.9 Å². The van der Waals surface area contributed by atoms with Crippen LogP contribution in [-0.2, 0) is 140 Å². The third-order valence-corrected chi connectivity index (χ3v) is 35.2. The van der Waals surface area contributed by atoms with Crippen LogP contribution < -0.4 is 0 Å².